The Labute approximate surface area is 133 Å². The monoisotopic (exact) mass is 351 g/mol. The second kappa shape index (κ2) is 6.52. The van der Waals surface area contributed by atoms with Crippen LogP contribution in [0.1, 0.15) is 19.3 Å². The van der Waals surface area contributed by atoms with Crippen molar-refractivity contribution in [1.29, 1.82) is 0 Å². The van der Waals surface area contributed by atoms with Crippen molar-refractivity contribution in [2.45, 2.75) is 30.2 Å². The van der Waals surface area contributed by atoms with E-state index in [-0.39, 0.29) is 22.4 Å². The van der Waals surface area contributed by atoms with Crippen LogP contribution in [0.3, 0.4) is 0 Å². The van der Waals surface area contributed by atoms with Gasteiger partial charge in [-0.15, -0.1) is 0 Å². The molecule has 0 saturated carbocycles. The number of sulfonamides is 1. The van der Waals surface area contributed by atoms with E-state index >= 15 is 0 Å². The number of esters is 1. The molecule has 0 bridgehead atoms. The van der Waals surface area contributed by atoms with Crippen LogP contribution in [0.5, 0.6) is 0 Å². The molecule has 1 aliphatic heterocycles. The molecule has 1 saturated heterocycles. The third-order valence-electron chi connectivity index (χ3n) is 3.45. The zero-order chi connectivity index (χ0) is 15.6. The van der Waals surface area contributed by atoms with Gasteiger partial charge in [0.2, 0.25) is 10.0 Å². The number of methoxy groups -OCH3 is 1. The van der Waals surface area contributed by atoms with Gasteiger partial charge in [-0.3, -0.25) is 4.79 Å². The van der Waals surface area contributed by atoms with E-state index in [9.17, 15) is 13.2 Å². The first-order valence-corrected chi connectivity index (χ1v) is 8.59. The summed E-state index contributed by atoms with van der Waals surface area (Å²) in [6.07, 6.45) is 1.40. The first kappa shape index (κ1) is 16.5. The number of benzene rings is 1. The molecule has 1 unspecified atom stereocenters. The fraction of sp³-hybridized carbons (Fsp3) is 0.462. The van der Waals surface area contributed by atoms with E-state index in [1.807, 2.05) is 0 Å². The van der Waals surface area contributed by atoms with E-state index in [1.165, 1.54) is 29.6 Å². The number of halogens is 2. The Balaban J connectivity index is 2.29. The molecular weight excluding hydrogens is 337 g/mol. The molecule has 2 rings (SSSR count). The summed E-state index contributed by atoms with van der Waals surface area (Å²) >= 11 is 11.7. The van der Waals surface area contributed by atoms with Crippen molar-refractivity contribution in [1.82, 2.24) is 4.31 Å². The lowest BCUT2D eigenvalue weighted by molar-refractivity contribution is -0.141. The summed E-state index contributed by atoms with van der Waals surface area (Å²) in [6.45, 7) is 0.379. The van der Waals surface area contributed by atoms with Gasteiger partial charge in [0.25, 0.3) is 0 Å². The highest BCUT2D eigenvalue weighted by molar-refractivity contribution is 7.89. The quantitative estimate of drug-likeness (QED) is 0.782. The van der Waals surface area contributed by atoms with Gasteiger partial charge in [0, 0.05) is 12.6 Å². The molecule has 1 aromatic rings. The van der Waals surface area contributed by atoms with Crippen molar-refractivity contribution in [2.75, 3.05) is 13.7 Å². The second-order valence-electron chi connectivity index (χ2n) is 4.77. The third-order valence-corrected chi connectivity index (χ3v) is 6.14. The summed E-state index contributed by atoms with van der Waals surface area (Å²) in [7, 11) is -2.41. The van der Waals surface area contributed by atoms with Crippen LogP contribution in [0.15, 0.2) is 23.1 Å². The molecule has 116 valence electrons. The van der Waals surface area contributed by atoms with Crippen molar-refractivity contribution in [3.8, 4) is 0 Å². The maximum absolute atomic E-state index is 12.7. The minimum atomic E-state index is -3.70. The molecule has 21 heavy (non-hydrogen) atoms. The summed E-state index contributed by atoms with van der Waals surface area (Å²) in [4.78, 5) is 11.5. The molecule has 0 radical (unpaired) electrons. The van der Waals surface area contributed by atoms with Crippen molar-refractivity contribution in [3.63, 3.8) is 0 Å². The van der Waals surface area contributed by atoms with Crippen molar-refractivity contribution < 1.29 is 17.9 Å². The molecule has 0 amide bonds. The van der Waals surface area contributed by atoms with Crippen LogP contribution in [0.2, 0.25) is 10.0 Å². The van der Waals surface area contributed by atoms with Crippen LogP contribution in [0.4, 0.5) is 0 Å². The molecule has 0 aromatic heterocycles. The van der Waals surface area contributed by atoms with Gasteiger partial charge >= 0.3 is 5.97 Å². The average molecular weight is 352 g/mol. The van der Waals surface area contributed by atoms with E-state index in [0.29, 0.717) is 24.4 Å². The maximum atomic E-state index is 12.7. The van der Waals surface area contributed by atoms with Gasteiger partial charge in [-0.1, -0.05) is 23.2 Å². The molecule has 0 spiro atoms. The zero-order valence-corrected chi connectivity index (χ0v) is 13.7. The smallest absolute Gasteiger partial charge is 0.307 e. The molecule has 1 aromatic carbocycles. The fourth-order valence-electron chi connectivity index (χ4n) is 2.38. The van der Waals surface area contributed by atoms with Crippen LogP contribution in [-0.2, 0) is 19.6 Å². The van der Waals surface area contributed by atoms with Crippen molar-refractivity contribution in [2.24, 2.45) is 0 Å². The predicted octanol–water partition coefficient (Wildman–Crippen LogP) is 2.71. The number of nitrogens with zero attached hydrogens (tertiary/aromatic N) is 1. The standard InChI is InChI=1S/C13H15Cl2NO4S/c1-20-13(17)7-9-3-2-6-16(9)21(18,19)10-4-5-11(14)12(15)8-10/h4-5,8-9H,2-3,6-7H2,1H3. The molecule has 1 fully saturated rings. The Kier molecular flexibility index (Phi) is 5.14. The average Bonchev–Trinajstić information content (AvgIpc) is 2.90. The summed E-state index contributed by atoms with van der Waals surface area (Å²) in [5.74, 6) is -0.420. The minimum Gasteiger partial charge on any atom is -0.469 e. The summed E-state index contributed by atoms with van der Waals surface area (Å²) < 4.78 is 31.3. The maximum Gasteiger partial charge on any atom is 0.307 e. The second-order valence-corrected chi connectivity index (χ2v) is 7.47. The van der Waals surface area contributed by atoms with Gasteiger partial charge in [-0.2, -0.15) is 4.31 Å². The topological polar surface area (TPSA) is 63.7 Å². The lowest BCUT2D eigenvalue weighted by atomic mass is 10.2. The Morgan fingerprint density at radius 3 is 2.71 bits per heavy atom. The van der Waals surface area contributed by atoms with E-state index in [1.54, 1.807) is 0 Å². The predicted molar refractivity (Wildman–Crippen MR) is 80.0 cm³/mol. The van der Waals surface area contributed by atoms with Crippen LogP contribution in [0.25, 0.3) is 0 Å². The van der Waals surface area contributed by atoms with E-state index in [2.05, 4.69) is 4.74 Å². The number of rotatable bonds is 4. The van der Waals surface area contributed by atoms with Gasteiger partial charge < -0.3 is 4.74 Å². The van der Waals surface area contributed by atoms with Crippen molar-refractivity contribution >= 4 is 39.2 Å². The van der Waals surface area contributed by atoms with E-state index in [0.717, 1.165) is 0 Å². The lowest BCUT2D eigenvalue weighted by Gasteiger charge is -2.23. The first-order valence-electron chi connectivity index (χ1n) is 6.40. The lowest BCUT2D eigenvalue weighted by Crippen LogP contribution is -2.37. The summed E-state index contributed by atoms with van der Waals surface area (Å²) in [5, 5.41) is 0.476. The van der Waals surface area contributed by atoms with Crippen LogP contribution in [-0.4, -0.2) is 38.4 Å². The number of ether oxygens (including phenoxy) is 1. The molecule has 0 N–H and O–H groups in total. The molecule has 1 atom stereocenters. The summed E-state index contributed by atoms with van der Waals surface area (Å²) in [6, 6.07) is 3.81. The van der Waals surface area contributed by atoms with Gasteiger partial charge in [0.05, 0.1) is 28.5 Å². The molecule has 1 aliphatic rings. The minimum absolute atomic E-state index is 0.0526. The van der Waals surface area contributed by atoms with Gasteiger partial charge in [0.1, 0.15) is 0 Å². The highest BCUT2D eigenvalue weighted by Crippen LogP contribution is 2.31. The molecule has 1 heterocycles. The van der Waals surface area contributed by atoms with E-state index < -0.39 is 16.0 Å². The SMILES string of the molecule is COC(=O)CC1CCCN1S(=O)(=O)c1ccc(Cl)c(Cl)c1. The third kappa shape index (κ3) is 3.51. The Morgan fingerprint density at radius 1 is 1.38 bits per heavy atom. The number of carbonyl (C=O) groups excluding carboxylic acids is 1. The summed E-state index contributed by atoms with van der Waals surface area (Å²) in [5.41, 5.74) is 0. The Hall–Kier alpha value is -0.820. The van der Waals surface area contributed by atoms with E-state index in [4.69, 9.17) is 23.2 Å². The highest BCUT2D eigenvalue weighted by Gasteiger charge is 2.36. The number of hydrogen-bond donors (Lipinski definition) is 0. The Bertz CT molecular complexity index is 648. The molecular formula is C13H15Cl2NO4S. The van der Waals surface area contributed by atoms with Crippen LogP contribution < -0.4 is 0 Å². The fourth-order valence-corrected chi connectivity index (χ4v) is 4.46. The highest BCUT2D eigenvalue weighted by atomic mass is 35.5. The van der Waals surface area contributed by atoms with Crippen LogP contribution >= 0.6 is 23.2 Å². The van der Waals surface area contributed by atoms with Crippen LogP contribution in [0, 0.1) is 0 Å². The molecule has 0 aliphatic carbocycles. The molecule has 5 nitrogen and oxygen atoms in total. The largest absolute Gasteiger partial charge is 0.469 e. The first-order chi connectivity index (χ1) is 9.86. The number of hydrogen-bond acceptors (Lipinski definition) is 4. The number of carbonyl (C=O) groups is 1. The normalized spacial score (nSPS) is 19.7. The van der Waals surface area contributed by atoms with Gasteiger partial charge in [0.15, 0.2) is 0 Å². The van der Waals surface area contributed by atoms with Gasteiger partial charge in [-0.05, 0) is 31.0 Å². The van der Waals surface area contributed by atoms with Gasteiger partial charge in [-0.25, -0.2) is 8.42 Å². The zero-order valence-electron chi connectivity index (χ0n) is 11.4. The Morgan fingerprint density at radius 2 is 2.10 bits per heavy atom. The molecule has 8 heteroatoms. The van der Waals surface area contributed by atoms with Crippen molar-refractivity contribution in [3.05, 3.63) is 28.2 Å².